The molecule has 2 rings (SSSR count). The van der Waals surface area contributed by atoms with Gasteiger partial charge in [0.15, 0.2) is 0 Å². The van der Waals surface area contributed by atoms with E-state index in [4.69, 9.17) is 4.42 Å². The van der Waals surface area contributed by atoms with Gasteiger partial charge in [-0.25, -0.2) is 0 Å². The van der Waals surface area contributed by atoms with E-state index in [1.54, 1.807) is 10.9 Å². The molecule has 7 heteroatoms. The van der Waals surface area contributed by atoms with Crippen LogP contribution in [0.25, 0.3) is 0 Å². The van der Waals surface area contributed by atoms with E-state index in [-0.39, 0.29) is 0 Å². The van der Waals surface area contributed by atoms with E-state index in [1.807, 2.05) is 13.2 Å². The lowest BCUT2D eigenvalue weighted by molar-refractivity contribution is 0.479. The van der Waals surface area contributed by atoms with Crippen molar-refractivity contribution in [2.24, 2.45) is 7.05 Å². The van der Waals surface area contributed by atoms with Crippen LogP contribution in [0.1, 0.15) is 19.2 Å². The minimum absolute atomic E-state index is 0.381. The summed E-state index contributed by atoms with van der Waals surface area (Å²) in [4.78, 5) is 0. The molecule has 0 amide bonds. The standard InChI is InChI=1S/C10H16N6O/c1-3-4-11-6-9-14-15-10(17-9)13-8-5-12-16(2)7-8/h5,7,11H,3-4,6H2,1-2H3,(H,13,15). The van der Waals surface area contributed by atoms with E-state index < -0.39 is 0 Å². The summed E-state index contributed by atoms with van der Waals surface area (Å²) in [6.07, 6.45) is 4.60. The maximum Gasteiger partial charge on any atom is 0.320 e. The molecule has 0 saturated heterocycles. The Bertz CT molecular complexity index is 463. The quantitative estimate of drug-likeness (QED) is 0.729. The average molecular weight is 236 g/mol. The Morgan fingerprint density at radius 2 is 2.29 bits per heavy atom. The normalized spacial score (nSPS) is 10.7. The van der Waals surface area contributed by atoms with Crippen molar-refractivity contribution < 1.29 is 4.42 Å². The van der Waals surface area contributed by atoms with Crippen LogP contribution in [0.4, 0.5) is 11.7 Å². The number of aryl methyl sites for hydroxylation is 1. The van der Waals surface area contributed by atoms with Crippen molar-refractivity contribution in [3.05, 3.63) is 18.3 Å². The van der Waals surface area contributed by atoms with Crippen molar-refractivity contribution in [1.82, 2.24) is 25.3 Å². The number of hydrogen-bond acceptors (Lipinski definition) is 6. The van der Waals surface area contributed by atoms with Gasteiger partial charge >= 0.3 is 6.01 Å². The van der Waals surface area contributed by atoms with Crippen molar-refractivity contribution in [2.75, 3.05) is 11.9 Å². The fraction of sp³-hybridized carbons (Fsp3) is 0.500. The molecule has 0 aliphatic rings. The third-order valence-corrected chi connectivity index (χ3v) is 2.13. The number of aromatic nitrogens is 4. The molecule has 2 aromatic heterocycles. The molecule has 0 spiro atoms. The first-order valence-corrected chi connectivity index (χ1v) is 5.56. The van der Waals surface area contributed by atoms with Gasteiger partial charge in [0.05, 0.1) is 18.4 Å². The van der Waals surface area contributed by atoms with Crippen molar-refractivity contribution in [3.63, 3.8) is 0 Å². The largest absolute Gasteiger partial charge is 0.406 e. The number of nitrogens with one attached hydrogen (secondary N) is 2. The second kappa shape index (κ2) is 5.44. The molecule has 0 radical (unpaired) electrons. The molecule has 0 atom stereocenters. The molecule has 0 bridgehead atoms. The average Bonchev–Trinajstić information content (AvgIpc) is 2.90. The molecular weight excluding hydrogens is 220 g/mol. The molecule has 0 aliphatic heterocycles. The summed E-state index contributed by atoms with van der Waals surface area (Å²) in [5.41, 5.74) is 0.823. The monoisotopic (exact) mass is 236 g/mol. The van der Waals surface area contributed by atoms with Crippen LogP contribution in [0, 0.1) is 0 Å². The van der Waals surface area contributed by atoms with Crippen molar-refractivity contribution >= 4 is 11.7 Å². The molecule has 2 aromatic rings. The fourth-order valence-corrected chi connectivity index (χ4v) is 1.36. The highest BCUT2D eigenvalue weighted by Crippen LogP contribution is 2.13. The zero-order valence-electron chi connectivity index (χ0n) is 9.97. The van der Waals surface area contributed by atoms with E-state index in [1.165, 1.54) is 0 Å². The topological polar surface area (TPSA) is 80.8 Å². The Morgan fingerprint density at radius 3 is 3.00 bits per heavy atom. The van der Waals surface area contributed by atoms with E-state index >= 15 is 0 Å². The van der Waals surface area contributed by atoms with Crippen LogP contribution in [0.15, 0.2) is 16.8 Å². The second-order valence-corrected chi connectivity index (χ2v) is 3.71. The van der Waals surface area contributed by atoms with Crippen LogP contribution >= 0.6 is 0 Å². The fourth-order valence-electron chi connectivity index (χ4n) is 1.36. The van der Waals surface area contributed by atoms with Gasteiger partial charge in [0.2, 0.25) is 5.89 Å². The van der Waals surface area contributed by atoms with Crippen LogP contribution in [-0.2, 0) is 13.6 Å². The number of nitrogens with zero attached hydrogens (tertiary/aromatic N) is 4. The summed E-state index contributed by atoms with van der Waals surface area (Å²) in [5.74, 6) is 0.574. The smallest absolute Gasteiger partial charge is 0.320 e. The number of anilines is 2. The first kappa shape index (κ1) is 11.6. The Labute approximate surface area is 99.2 Å². The van der Waals surface area contributed by atoms with Crippen LogP contribution in [0.5, 0.6) is 0 Å². The van der Waals surface area contributed by atoms with Gasteiger partial charge in [-0.3, -0.25) is 4.68 Å². The summed E-state index contributed by atoms with van der Waals surface area (Å²) in [6.45, 7) is 3.64. The Morgan fingerprint density at radius 1 is 1.41 bits per heavy atom. The first-order valence-electron chi connectivity index (χ1n) is 5.56. The highest BCUT2D eigenvalue weighted by atomic mass is 16.4. The van der Waals surface area contributed by atoms with E-state index in [2.05, 4.69) is 32.9 Å². The maximum atomic E-state index is 5.41. The molecular formula is C10H16N6O. The van der Waals surface area contributed by atoms with Crippen LogP contribution in [0.3, 0.4) is 0 Å². The molecule has 0 aromatic carbocycles. The van der Waals surface area contributed by atoms with Crippen LogP contribution < -0.4 is 10.6 Å². The second-order valence-electron chi connectivity index (χ2n) is 3.71. The van der Waals surface area contributed by atoms with Crippen molar-refractivity contribution in [3.8, 4) is 0 Å². The molecule has 2 heterocycles. The minimum Gasteiger partial charge on any atom is -0.406 e. The van der Waals surface area contributed by atoms with Gasteiger partial charge in [-0.15, -0.1) is 5.10 Å². The lowest BCUT2D eigenvalue weighted by Crippen LogP contribution is -2.13. The molecule has 0 fully saturated rings. The third-order valence-electron chi connectivity index (χ3n) is 2.13. The van der Waals surface area contributed by atoms with Gasteiger partial charge < -0.3 is 15.1 Å². The Kier molecular flexibility index (Phi) is 3.71. The predicted molar refractivity (Wildman–Crippen MR) is 62.8 cm³/mol. The Balaban J connectivity index is 1.89. The molecule has 2 N–H and O–H groups in total. The maximum absolute atomic E-state index is 5.41. The molecule has 0 aliphatic carbocycles. The summed E-state index contributed by atoms with van der Waals surface area (Å²) < 4.78 is 7.11. The highest BCUT2D eigenvalue weighted by Gasteiger charge is 2.06. The van der Waals surface area contributed by atoms with Gasteiger partial charge in [0, 0.05) is 13.2 Å². The number of rotatable bonds is 6. The summed E-state index contributed by atoms with van der Waals surface area (Å²) in [5, 5.41) is 18.0. The Hall–Kier alpha value is -1.89. The molecule has 17 heavy (non-hydrogen) atoms. The first-order chi connectivity index (χ1) is 8.28. The zero-order chi connectivity index (χ0) is 12.1. The van der Waals surface area contributed by atoms with Crippen molar-refractivity contribution in [1.29, 1.82) is 0 Å². The highest BCUT2D eigenvalue weighted by molar-refractivity contribution is 5.48. The van der Waals surface area contributed by atoms with Gasteiger partial charge in [0.1, 0.15) is 0 Å². The summed E-state index contributed by atoms with van der Waals surface area (Å²) in [7, 11) is 1.85. The summed E-state index contributed by atoms with van der Waals surface area (Å²) in [6, 6.07) is 0.381. The van der Waals surface area contributed by atoms with E-state index in [0.29, 0.717) is 18.5 Å². The SMILES string of the molecule is CCCNCc1nnc(Nc2cnn(C)c2)o1. The zero-order valence-corrected chi connectivity index (χ0v) is 9.97. The third kappa shape index (κ3) is 3.28. The molecule has 0 saturated carbocycles. The lowest BCUT2D eigenvalue weighted by Gasteiger charge is -1.97. The van der Waals surface area contributed by atoms with E-state index in [0.717, 1.165) is 18.7 Å². The molecule has 92 valence electrons. The lowest BCUT2D eigenvalue weighted by atomic mass is 10.5. The summed E-state index contributed by atoms with van der Waals surface area (Å²) >= 11 is 0. The van der Waals surface area contributed by atoms with Crippen molar-refractivity contribution in [2.45, 2.75) is 19.9 Å². The van der Waals surface area contributed by atoms with Crippen LogP contribution in [-0.4, -0.2) is 26.5 Å². The minimum atomic E-state index is 0.381. The van der Waals surface area contributed by atoms with Crippen LogP contribution in [0.2, 0.25) is 0 Å². The van der Waals surface area contributed by atoms with Gasteiger partial charge in [-0.2, -0.15) is 5.10 Å². The van der Waals surface area contributed by atoms with Gasteiger partial charge in [-0.05, 0) is 13.0 Å². The van der Waals surface area contributed by atoms with E-state index in [9.17, 15) is 0 Å². The van der Waals surface area contributed by atoms with Gasteiger partial charge in [0.25, 0.3) is 0 Å². The molecule has 7 nitrogen and oxygen atoms in total. The molecule has 0 unspecified atom stereocenters. The van der Waals surface area contributed by atoms with Gasteiger partial charge in [-0.1, -0.05) is 12.0 Å². The number of hydrogen-bond donors (Lipinski definition) is 2. The predicted octanol–water partition coefficient (Wildman–Crippen LogP) is 1.05.